The van der Waals surface area contributed by atoms with Crippen LogP contribution in [0.1, 0.15) is 174 Å². The largest absolute Gasteiger partial charge is 0.756 e. The number of carbonyl (C=O) groups is 2. The van der Waals surface area contributed by atoms with Gasteiger partial charge in [-0.3, -0.25) is 14.2 Å². The molecular weight excluding hydrogens is 729 g/mol. The van der Waals surface area contributed by atoms with Crippen molar-refractivity contribution >= 4 is 19.8 Å². The fourth-order valence-corrected chi connectivity index (χ4v) is 6.94. The first-order valence-corrected chi connectivity index (χ1v) is 23.8. The number of quaternary nitrogens is 1. The summed E-state index contributed by atoms with van der Waals surface area (Å²) in [5.41, 5.74) is 0. The third-order valence-corrected chi connectivity index (χ3v) is 10.8. The van der Waals surface area contributed by atoms with Crippen molar-refractivity contribution in [2.75, 3.05) is 47.5 Å². The summed E-state index contributed by atoms with van der Waals surface area (Å²) in [4.78, 5) is 37.5. The Balaban J connectivity index is 2.30. The van der Waals surface area contributed by atoms with Crippen LogP contribution in [0.4, 0.5) is 0 Å². The normalized spacial score (nSPS) is 17.5. The lowest BCUT2D eigenvalue weighted by Gasteiger charge is -2.28. The Bertz CT molecular complexity index is 1120. The molecule has 0 aromatic rings. The Labute approximate surface area is 342 Å². The summed E-state index contributed by atoms with van der Waals surface area (Å²) in [6, 6.07) is 0. The molecule has 0 bridgehead atoms. The number of hydrogen-bond acceptors (Lipinski definition) is 9. The quantitative estimate of drug-likeness (QED) is 0.0149. The minimum absolute atomic E-state index is 0.0405. The maximum Gasteiger partial charge on any atom is 0.306 e. The summed E-state index contributed by atoms with van der Waals surface area (Å²) in [5, 5.41) is 0. The number of rotatable bonds is 39. The van der Waals surface area contributed by atoms with E-state index in [0.29, 0.717) is 36.1 Å². The van der Waals surface area contributed by atoms with E-state index >= 15 is 0 Å². The predicted octanol–water partition coefficient (Wildman–Crippen LogP) is 10.9. The second kappa shape index (κ2) is 34.1. The predicted molar refractivity (Wildman–Crippen MR) is 226 cm³/mol. The zero-order chi connectivity index (χ0) is 41.2. The Hall–Kier alpha value is -1.81. The smallest absolute Gasteiger partial charge is 0.306 e. The molecule has 0 aromatic carbocycles. The number of hydrogen-bond donors (Lipinski definition) is 0. The third-order valence-electron chi connectivity index (χ3n) is 9.84. The average Bonchev–Trinajstić information content (AvgIpc) is 3.90. The van der Waals surface area contributed by atoms with E-state index in [9.17, 15) is 19.0 Å². The highest BCUT2D eigenvalue weighted by atomic mass is 31.2. The van der Waals surface area contributed by atoms with Gasteiger partial charge < -0.3 is 32.6 Å². The number of allylic oxidation sites excluding steroid dienone is 5. The minimum Gasteiger partial charge on any atom is -0.756 e. The fraction of sp³-hybridized carbons (Fsp3) is 0.822. The molecule has 0 amide bonds. The molecule has 56 heavy (non-hydrogen) atoms. The molecule has 1 aliphatic heterocycles. The van der Waals surface area contributed by atoms with Crippen LogP contribution in [-0.4, -0.2) is 82.2 Å². The number of ether oxygens (including phenoxy) is 3. The lowest BCUT2D eigenvalue weighted by molar-refractivity contribution is -0.870. The molecule has 0 radical (unpaired) electrons. The van der Waals surface area contributed by atoms with Crippen LogP contribution in [0.15, 0.2) is 36.5 Å². The van der Waals surface area contributed by atoms with Crippen LogP contribution >= 0.6 is 7.82 Å². The Morgan fingerprint density at radius 3 is 1.80 bits per heavy atom. The summed E-state index contributed by atoms with van der Waals surface area (Å²) in [5.74, 6) is -0.902. The van der Waals surface area contributed by atoms with Gasteiger partial charge in [0.25, 0.3) is 7.82 Å². The Morgan fingerprint density at radius 2 is 1.20 bits per heavy atom. The van der Waals surface area contributed by atoms with Gasteiger partial charge in [-0.05, 0) is 44.9 Å². The number of nitrogens with zero attached hydrogens (tertiary/aromatic N) is 1. The van der Waals surface area contributed by atoms with Gasteiger partial charge in [0.1, 0.15) is 19.8 Å². The van der Waals surface area contributed by atoms with Crippen LogP contribution in [0.5, 0.6) is 0 Å². The van der Waals surface area contributed by atoms with Crippen LogP contribution in [0.2, 0.25) is 0 Å². The average molecular weight is 812 g/mol. The fourth-order valence-electron chi connectivity index (χ4n) is 6.21. The number of carbonyl (C=O) groups excluding carboxylic acids is 2. The molecule has 1 fully saturated rings. The van der Waals surface area contributed by atoms with Crippen molar-refractivity contribution in [3.8, 4) is 0 Å². The summed E-state index contributed by atoms with van der Waals surface area (Å²) in [6.45, 7) is 4.13. The molecule has 4 atom stereocenters. The van der Waals surface area contributed by atoms with E-state index in [-0.39, 0.29) is 26.1 Å². The molecule has 3 unspecified atom stereocenters. The van der Waals surface area contributed by atoms with Crippen LogP contribution in [-0.2, 0) is 37.4 Å². The highest BCUT2D eigenvalue weighted by molar-refractivity contribution is 7.45. The van der Waals surface area contributed by atoms with Crippen molar-refractivity contribution in [3.05, 3.63) is 36.5 Å². The molecule has 0 aromatic heterocycles. The Morgan fingerprint density at radius 1 is 0.661 bits per heavy atom. The van der Waals surface area contributed by atoms with Crippen molar-refractivity contribution in [2.45, 2.75) is 193 Å². The number of epoxide rings is 1. The molecule has 1 heterocycles. The monoisotopic (exact) mass is 812 g/mol. The van der Waals surface area contributed by atoms with Gasteiger partial charge in [0, 0.05) is 12.8 Å². The zero-order valence-corrected chi connectivity index (χ0v) is 37.2. The summed E-state index contributed by atoms with van der Waals surface area (Å²) < 4.78 is 39.6. The second-order valence-corrected chi connectivity index (χ2v) is 17.9. The lowest BCUT2D eigenvalue weighted by Crippen LogP contribution is -2.37. The van der Waals surface area contributed by atoms with Crippen molar-refractivity contribution in [3.63, 3.8) is 0 Å². The second-order valence-electron chi connectivity index (χ2n) is 16.5. The highest BCUT2D eigenvalue weighted by Crippen LogP contribution is 2.38. The molecule has 11 heteroatoms. The van der Waals surface area contributed by atoms with Crippen LogP contribution in [0, 0.1) is 0 Å². The molecule has 0 aliphatic carbocycles. The molecular formula is C45H82NO9P. The van der Waals surface area contributed by atoms with Crippen LogP contribution in [0.25, 0.3) is 0 Å². The van der Waals surface area contributed by atoms with E-state index in [4.69, 9.17) is 23.3 Å². The van der Waals surface area contributed by atoms with Crippen molar-refractivity contribution < 1.29 is 46.8 Å². The van der Waals surface area contributed by atoms with Gasteiger partial charge in [-0.15, -0.1) is 0 Å². The standard InChI is InChI=1S/C45H82NO9P/c1-6-8-10-11-12-13-14-15-16-17-22-25-28-32-36-45(48)54-41(40-53-56(49,50)52-38-37-46(3,4)5)39-51-44(47)35-31-27-24-21-19-18-20-23-26-30-34-43-42(55-43)33-29-9-7-2/h18,20-21,24,26,30,41-43H,6-17,19,22-23,25,27-29,31-40H2,1-5H3/b20-18-,24-21-,30-26-/t41-,42?,43?/m1/s1. The van der Waals surface area contributed by atoms with E-state index < -0.39 is 32.5 Å². The van der Waals surface area contributed by atoms with Gasteiger partial charge in [-0.1, -0.05) is 153 Å². The summed E-state index contributed by atoms with van der Waals surface area (Å²) in [7, 11) is 1.13. The maximum atomic E-state index is 12.7. The number of likely N-dealkylation sites (N-methyl/N-ethyl adjacent to an activating group) is 1. The van der Waals surface area contributed by atoms with E-state index in [1.54, 1.807) is 0 Å². The van der Waals surface area contributed by atoms with Gasteiger partial charge in [0.15, 0.2) is 6.10 Å². The SMILES string of the molecule is CCCCCCCCCCCCCCCCC(=O)O[C@H](COC(=O)CCC/C=C\C/C=C\C/C=C\CC1OC1CCCCC)COP(=O)([O-])OCC[N+](C)(C)C. The molecule has 326 valence electrons. The van der Waals surface area contributed by atoms with Gasteiger partial charge >= 0.3 is 11.9 Å². The van der Waals surface area contributed by atoms with E-state index in [1.165, 1.54) is 89.9 Å². The molecule has 0 saturated carbocycles. The first-order valence-electron chi connectivity index (χ1n) is 22.3. The summed E-state index contributed by atoms with van der Waals surface area (Å²) in [6.07, 6.45) is 39.2. The van der Waals surface area contributed by atoms with Crippen molar-refractivity contribution in [1.82, 2.24) is 0 Å². The van der Waals surface area contributed by atoms with E-state index in [1.807, 2.05) is 21.1 Å². The number of phosphoric acid groups is 1. The lowest BCUT2D eigenvalue weighted by atomic mass is 10.0. The van der Waals surface area contributed by atoms with Gasteiger partial charge in [0.05, 0.1) is 40.0 Å². The Kier molecular flexibility index (Phi) is 31.8. The molecule has 1 saturated heterocycles. The van der Waals surface area contributed by atoms with Crippen molar-refractivity contribution in [2.24, 2.45) is 0 Å². The number of esters is 2. The molecule has 0 spiro atoms. The zero-order valence-electron chi connectivity index (χ0n) is 36.3. The molecule has 1 aliphatic rings. The van der Waals surface area contributed by atoms with Gasteiger partial charge in [-0.2, -0.15) is 0 Å². The first kappa shape index (κ1) is 52.2. The minimum atomic E-state index is -4.64. The molecule has 1 rings (SSSR count). The van der Waals surface area contributed by atoms with Crippen LogP contribution in [0.3, 0.4) is 0 Å². The number of unbranched alkanes of at least 4 members (excludes halogenated alkanes) is 16. The van der Waals surface area contributed by atoms with Gasteiger partial charge in [0.2, 0.25) is 0 Å². The van der Waals surface area contributed by atoms with Crippen molar-refractivity contribution in [1.29, 1.82) is 0 Å². The first-order chi connectivity index (χ1) is 27.0. The summed E-state index contributed by atoms with van der Waals surface area (Å²) >= 11 is 0. The third kappa shape index (κ3) is 34.3. The topological polar surface area (TPSA) is 124 Å². The molecule has 10 nitrogen and oxygen atoms in total. The number of phosphoric ester groups is 1. The van der Waals surface area contributed by atoms with Crippen LogP contribution < -0.4 is 4.89 Å². The van der Waals surface area contributed by atoms with E-state index in [0.717, 1.165) is 44.9 Å². The molecule has 0 N–H and O–H groups in total. The van der Waals surface area contributed by atoms with E-state index in [2.05, 4.69) is 50.3 Å². The van der Waals surface area contributed by atoms with Gasteiger partial charge in [-0.25, -0.2) is 0 Å². The highest BCUT2D eigenvalue weighted by Gasteiger charge is 2.36. The maximum absolute atomic E-state index is 12.7.